The molecular formula is C60H64N8O2. The van der Waals surface area contributed by atoms with Crippen molar-refractivity contribution in [1.29, 1.82) is 10.8 Å². The molecule has 356 valence electrons. The highest BCUT2D eigenvalue weighted by Gasteiger charge is 2.26. The van der Waals surface area contributed by atoms with Gasteiger partial charge < -0.3 is 41.2 Å². The van der Waals surface area contributed by atoms with Crippen LogP contribution >= 0.6 is 0 Å². The van der Waals surface area contributed by atoms with Crippen LogP contribution in [0, 0.1) is 24.7 Å². The van der Waals surface area contributed by atoms with E-state index in [1.807, 2.05) is 60.7 Å². The van der Waals surface area contributed by atoms with Crippen LogP contribution in [0.25, 0.3) is 32.4 Å². The molecule has 0 spiro atoms. The number of benzene rings is 8. The fourth-order valence-corrected chi connectivity index (χ4v) is 8.64. The molecule has 2 atom stereocenters. The average Bonchev–Trinajstić information content (AvgIpc) is 3.36. The molecule has 2 amide bonds. The predicted octanol–water partition coefficient (Wildman–Crippen LogP) is 12.1. The summed E-state index contributed by atoms with van der Waals surface area (Å²) in [6.07, 6.45) is 0. The second kappa shape index (κ2) is 27.0. The molecule has 8 aromatic rings. The molecule has 8 rings (SSSR count). The summed E-state index contributed by atoms with van der Waals surface area (Å²) in [7, 11) is 4.58. The fourth-order valence-electron chi connectivity index (χ4n) is 8.64. The van der Waals surface area contributed by atoms with Crippen LogP contribution in [0.5, 0.6) is 0 Å². The molecule has 0 bridgehead atoms. The molecule has 0 fully saturated rings. The van der Waals surface area contributed by atoms with Crippen molar-refractivity contribution in [3.05, 3.63) is 249 Å². The minimum absolute atomic E-state index is 0.0150. The maximum atomic E-state index is 12.5. The van der Waals surface area contributed by atoms with E-state index in [-0.39, 0.29) is 11.8 Å². The average molecular weight is 929 g/mol. The molecule has 0 aliphatic carbocycles. The molecule has 0 saturated carbocycles. The Kier molecular flexibility index (Phi) is 20.4. The van der Waals surface area contributed by atoms with Gasteiger partial charge in [-0.2, -0.15) is 12.0 Å². The zero-order chi connectivity index (χ0) is 50.2. The van der Waals surface area contributed by atoms with Crippen LogP contribution in [0.2, 0.25) is 0 Å². The number of nitrogens with zero attached hydrogens (tertiary/aromatic N) is 4. The predicted molar refractivity (Wildman–Crippen MR) is 287 cm³/mol. The quantitative estimate of drug-likeness (QED) is 0.0564. The van der Waals surface area contributed by atoms with Gasteiger partial charge >= 0.3 is 0 Å². The monoisotopic (exact) mass is 929 g/mol. The Morgan fingerprint density at radius 2 is 0.757 bits per heavy atom. The van der Waals surface area contributed by atoms with Gasteiger partial charge in [-0.3, -0.25) is 9.59 Å². The number of amides is 2. The maximum absolute atomic E-state index is 12.5. The highest BCUT2D eigenvalue weighted by Crippen LogP contribution is 2.24. The van der Waals surface area contributed by atoms with Crippen molar-refractivity contribution in [3.8, 4) is 0 Å². The lowest BCUT2D eigenvalue weighted by Crippen LogP contribution is -2.47. The van der Waals surface area contributed by atoms with Crippen LogP contribution in [-0.2, 0) is 26.2 Å². The third-order valence-corrected chi connectivity index (χ3v) is 12.3. The van der Waals surface area contributed by atoms with Gasteiger partial charge in [-0.15, -0.1) is 0 Å². The summed E-state index contributed by atoms with van der Waals surface area (Å²) in [6, 6.07) is 68.5. The van der Waals surface area contributed by atoms with Gasteiger partial charge in [0.05, 0.1) is 40.3 Å². The normalized spacial score (nSPS) is 12.1. The Balaban J connectivity index is 0.000000235. The SMILES string of the molecule is Cc1ccccc1C[N+](C)(CCNC(=O)c1ccccc1)Cc1ccc2ccccc2c1.Cc1ccccc1C[N+](C)(CCNC(=O)c1ccccc1)Cc1ccc2ccccc2c1.[N-]=C=N.[N-]=C=N. The Hall–Kier alpha value is -8.10. The van der Waals surface area contributed by atoms with Crippen LogP contribution in [0.4, 0.5) is 0 Å². The number of fused-ring (bicyclic) bond motifs is 2. The van der Waals surface area contributed by atoms with E-state index in [1.54, 1.807) is 0 Å². The van der Waals surface area contributed by atoms with E-state index < -0.39 is 0 Å². The number of rotatable bonds is 16. The Bertz CT molecular complexity index is 2800. The molecule has 2 unspecified atom stereocenters. The molecule has 0 aliphatic rings. The van der Waals surface area contributed by atoms with Crippen molar-refractivity contribution < 1.29 is 18.6 Å². The summed E-state index contributed by atoms with van der Waals surface area (Å²) in [4.78, 5) is 25.1. The number of carbonyl (C=O) groups excluding carboxylic acids is 2. The minimum atomic E-state index is -0.0150. The Morgan fingerprint density at radius 3 is 1.11 bits per heavy atom. The first-order chi connectivity index (χ1) is 33.9. The van der Waals surface area contributed by atoms with Crippen molar-refractivity contribution >= 4 is 45.4 Å². The van der Waals surface area contributed by atoms with Crippen molar-refractivity contribution in [1.82, 2.24) is 10.6 Å². The third-order valence-electron chi connectivity index (χ3n) is 12.3. The van der Waals surface area contributed by atoms with Crippen molar-refractivity contribution in [2.24, 2.45) is 0 Å². The molecule has 4 N–H and O–H groups in total. The van der Waals surface area contributed by atoms with Gasteiger partial charge in [-0.25, -0.2) is 0 Å². The van der Waals surface area contributed by atoms with E-state index in [1.165, 1.54) is 54.9 Å². The van der Waals surface area contributed by atoms with Gasteiger partial charge in [-0.1, -0.05) is 158 Å². The maximum Gasteiger partial charge on any atom is 0.251 e. The number of quaternary nitrogens is 2. The van der Waals surface area contributed by atoms with E-state index in [0.717, 1.165) is 60.3 Å². The molecule has 10 nitrogen and oxygen atoms in total. The van der Waals surface area contributed by atoms with Crippen LogP contribution in [0.15, 0.2) is 194 Å². The first kappa shape index (κ1) is 52.9. The first-order valence-electron chi connectivity index (χ1n) is 23.4. The zero-order valence-electron chi connectivity index (χ0n) is 40.7. The molecule has 10 heteroatoms. The Morgan fingerprint density at radius 1 is 0.443 bits per heavy atom. The molecule has 0 heterocycles. The number of hydrogen-bond donors (Lipinski definition) is 4. The molecule has 0 aliphatic heterocycles. The zero-order valence-corrected chi connectivity index (χ0v) is 40.7. The van der Waals surface area contributed by atoms with Gasteiger partial charge in [0.2, 0.25) is 0 Å². The van der Waals surface area contributed by atoms with Gasteiger partial charge in [0.15, 0.2) is 0 Å². The van der Waals surface area contributed by atoms with Crippen molar-refractivity contribution in [2.75, 3.05) is 40.3 Å². The topological polar surface area (TPSA) is 150 Å². The summed E-state index contributed by atoms with van der Waals surface area (Å²) in [5.74, 6) is -0.0301. The fraction of sp³-hybridized carbons (Fsp3) is 0.200. The first-order valence-corrected chi connectivity index (χ1v) is 23.4. The second-order valence-electron chi connectivity index (χ2n) is 18.0. The third kappa shape index (κ3) is 16.6. The molecule has 70 heavy (non-hydrogen) atoms. The summed E-state index contributed by atoms with van der Waals surface area (Å²) in [6.45, 7) is 10.9. The molecule has 0 saturated heterocycles. The summed E-state index contributed by atoms with van der Waals surface area (Å²) in [5, 5.41) is 36.3. The van der Waals surface area contributed by atoms with Crippen molar-refractivity contribution in [2.45, 2.75) is 40.0 Å². The van der Waals surface area contributed by atoms with Gasteiger partial charge in [0, 0.05) is 33.4 Å². The lowest BCUT2D eigenvalue weighted by Gasteiger charge is -2.35. The minimum Gasteiger partial charge on any atom is -0.447 e. The van der Waals surface area contributed by atoms with E-state index >= 15 is 0 Å². The standard InChI is InChI=1S/2C29H30N2O.2CHN2/c2*1-23-10-6-7-15-28(23)22-31(2,19-18-30-29(32)26-12-4-3-5-13-26)21-24-16-17-25-11-8-9-14-27(25)20-24;2*2-1-3/h2*3-17,20H,18-19,21-22H2,1-2H3;2*2H/q;;2*-1/p+2. The number of likely N-dealkylation sites (N-methyl/N-ethyl adjacent to an activating group) is 2. The van der Waals surface area contributed by atoms with Crippen molar-refractivity contribution in [3.63, 3.8) is 0 Å². The number of carbonyl (C=O) groups is 2. The summed E-state index contributed by atoms with van der Waals surface area (Å²) in [5.41, 5.74) is 9.36. The number of aryl methyl sites for hydroxylation is 2. The largest absolute Gasteiger partial charge is 0.447 e. The smallest absolute Gasteiger partial charge is 0.251 e. The van der Waals surface area contributed by atoms with E-state index in [0.29, 0.717) is 24.2 Å². The molecular weight excluding hydrogens is 865 g/mol. The van der Waals surface area contributed by atoms with E-state index in [9.17, 15) is 9.59 Å². The highest BCUT2D eigenvalue weighted by molar-refractivity contribution is 5.94. The molecule has 8 aromatic carbocycles. The number of nitrogens with one attached hydrogen (secondary N) is 4. The van der Waals surface area contributed by atoms with E-state index in [4.69, 9.17) is 21.6 Å². The second-order valence-corrected chi connectivity index (χ2v) is 18.0. The molecule has 0 aromatic heterocycles. The highest BCUT2D eigenvalue weighted by atomic mass is 16.2. The van der Waals surface area contributed by atoms with Gasteiger partial charge in [0.1, 0.15) is 26.2 Å². The number of hydrogen-bond acceptors (Lipinski definition) is 4. The molecule has 0 radical (unpaired) electrons. The van der Waals surface area contributed by atoms with Gasteiger partial charge in [0.25, 0.3) is 11.8 Å². The van der Waals surface area contributed by atoms with Crippen LogP contribution in [-0.4, -0.2) is 73.1 Å². The van der Waals surface area contributed by atoms with Crippen LogP contribution < -0.4 is 10.6 Å². The summed E-state index contributed by atoms with van der Waals surface area (Å²) >= 11 is 0. The van der Waals surface area contributed by atoms with Crippen LogP contribution in [0.3, 0.4) is 0 Å². The summed E-state index contributed by atoms with van der Waals surface area (Å²) < 4.78 is 1.64. The van der Waals surface area contributed by atoms with Crippen LogP contribution in [0.1, 0.15) is 54.1 Å². The van der Waals surface area contributed by atoms with Gasteiger partial charge in [-0.05, 0) is 82.9 Å². The lowest BCUT2D eigenvalue weighted by atomic mass is 10.0. The van der Waals surface area contributed by atoms with E-state index in [2.05, 4.69) is 172 Å². The lowest BCUT2D eigenvalue weighted by molar-refractivity contribution is -0.934. The Labute approximate surface area is 413 Å².